The molecule has 1 amide bonds. The number of sulfonamides is 1. The van der Waals surface area contributed by atoms with E-state index in [0.29, 0.717) is 16.3 Å². The molecule has 33 heavy (non-hydrogen) atoms. The lowest BCUT2D eigenvalue weighted by atomic mass is 10.1. The van der Waals surface area contributed by atoms with Crippen LogP contribution in [0.25, 0.3) is 21.3 Å². The number of benzene rings is 2. The summed E-state index contributed by atoms with van der Waals surface area (Å²) < 4.78 is 29.0. The Hall–Kier alpha value is -3.05. The zero-order valence-corrected chi connectivity index (χ0v) is 19.9. The number of rotatable bonds is 6. The number of carbonyl (C=O) groups is 1. The van der Waals surface area contributed by atoms with Crippen molar-refractivity contribution in [3.8, 4) is 11.1 Å². The first-order chi connectivity index (χ1) is 15.6. The molecule has 0 bridgehead atoms. The molecule has 0 radical (unpaired) electrons. The summed E-state index contributed by atoms with van der Waals surface area (Å²) in [5.74, 6) is -0.200. The fourth-order valence-corrected chi connectivity index (χ4v) is 5.33. The van der Waals surface area contributed by atoms with Crippen LogP contribution in [0.4, 0.5) is 10.8 Å². The Morgan fingerprint density at radius 3 is 2.52 bits per heavy atom. The second-order valence-corrected chi connectivity index (χ2v) is 10.4. The highest BCUT2D eigenvalue weighted by Crippen LogP contribution is 2.33. The lowest BCUT2D eigenvalue weighted by Gasteiger charge is -2.12. The number of pyridine rings is 1. The van der Waals surface area contributed by atoms with E-state index in [2.05, 4.69) is 20.0 Å². The Bertz CT molecular complexity index is 1450. The summed E-state index contributed by atoms with van der Waals surface area (Å²) in [7, 11) is -3.92. The highest BCUT2D eigenvalue weighted by atomic mass is 35.5. The topological polar surface area (TPSA) is 121 Å². The Balaban J connectivity index is 1.64. The molecule has 2 aromatic carbocycles. The number of hydrogen-bond acceptors (Lipinski definition) is 7. The Labute approximate surface area is 199 Å². The first kappa shape index (κ1) is 23.1. The van der Waals surface area contributed by atoms with Crippen molar-refractivity contribution in [2.24, 2.45) is 0 Å². The van der Waals surface area contributed by atoms with E-state index in [1.54, 1.807) is 31.3 Å². The van der Waals surface area contributed by atoms with Crippen LogP contribution in [0, 0.1) is 0 Å². The molecule has 2 heterocycles. The van der Waals surface area contributed by atoms with Gasteiger partial charge in [0.25, 0.3) is 10.0 Å². The maximum absolute atomic E-state index is 12.8. The van der Waals surface area contributed by atoms with Gasteiger partial charge in [-0.1, -0.05) is 41.1 Å². The van der Waals surface area contributed by atoms with Gasteiger partial charge in [-0.15, -0.1) is 0 Å². The van der Waals surface area contributed by atoms with Crippen LogP contribution in [0.15, 0.2) is 59.6 Å². The molecule has 0 aliphatic heterocycles. The van der Waals surface area contributed by atoms with E-state index >= 15 is 0 Å². The van der Waals surface area contributed by atoms with Gasteiger partial charge in [0.05, 0.1) is 26.9 Å². The van der Waals surface area contributed by atoms with E-state index in [-0.39, 0.29) is 21.6 Å². The van der Waals surface area contributed by atoms with Crippen molar-refractivity contribution in [2.75, 3.05) is 10.0 Å². The second-order valence-electron chi connectivity index (χ2n) is 7.30. The van der Waals surface area contributed by atoms with Crippen molar-refractivity contribution in [3.63, 3.8) is 0 Å². The molecular weight excluding hydrogens is 484 g/mol. The van der Waals surface area contributed by atoms with E-state index in [0.717, 1.165) is 15.8 Å². The molecule has 0 saturated carbocycles. The van der Waals surface area contributed by atoms with E-state index in [1.807, 2.05) is 18.2 Å². The van der Waals surface area contributed by atoms with Crippen molar-refractivity contribution in [2.45, 2.75) is 24.8 Å². The number of aliphatic hydroxyl groups is 1. The number of nitrogens with one attached hydrogen (secondary N) is 2. The predicted octanol–water partition coefficient (Wildman–Crippen LogP) is 4.82. The normalized spacial score (nSPS) is 12.5. The van der Waals surface area contributed by atoms with Gasteiger partial charge in [-0.2, -0.15) is 0 Å². The summed E-state index contributed by atoms with van der Waals surface area (Å²) >= 11 is 7.50. The van der Waals surface area contributed by atoms with Gasteiger partial charge in [0.15, 0.2) is 10.3 Å². The van der Waals surface area contributed by atoms with Gasteiger partial charge in [-0.3, -0.25) is 9.52 Å². The van der Waals surface area contributed by atoms with E-state index in [1.165, 1.54) is 30.4 Å². The van der Waals surface area contributed by atoms with E-state index < -0.39 is 16.1 Å². The SMILES string of the molecule is CC(=O)Nc1nc2ccc(-c3cnc(Cl)c(NS(=O)(=O)c4ccc([C@H](C)O)cc4)c3)cc2s1. The van der Waals surface area contributed by atoms with Crippen LogP contribution in [-0.2, 0) is 14.8 Å². The number of aromatic nitrogens is 2. The van der Waals surface area contributed by atoms with Gasteiger partial charge >= 0.3 is 0 Å². The van der Waals surface area contributed by atoms with Gasteiger partial charge < -0.3 is 10.4 Å². The second kappa shape index (κ2) is 9.06. The molecule has 8 nitrogen and oxygen atoms in total. The van der Waals surface area contributed by atoms with Crippen LogP contribution in [0.1, 0.15) is 25.5 Å². The third-order valence-corrected chi connectivity index (χ3v) is 7.38. The van der Waals surface area contributed by atoms with E-state index in [9.17, 15) is 18.3 Å². The minimum Gasteiger partial charge on any atom is -0.389 e. The van der Waals surface area contributed by atoms with Gasteiger partial charge in [0.2, 0.25) is 5.91 Å². The average molecular weight is 503 g/mol. The van der Waals surface area contributed by atoms with Crippen molar-refractivity contribution in [1.82, 2.24) is 9.97 Å². The molecular formula is C22H19ClN4O4S2. The third-order valence-electron chi connectivity index (χ3n) is 4.76. The van der Waals surface area contributed by atoms with Crippen molar-refractivity contribution >= 4 is 59.9 Å². The highest BCUT2D eigenvalue weighted by molar-refractivity contribution is 7.92. The maximum Gasteiger partial charge on any atom is 0.261 e. The average Bonchev–Trinajstić information content (AvgIpc) is 3.16. The van der Waals surface area contributed by atoms with Crippen LogP contribution < -0.4 is 10.0 Å². The summed E-state index contributed by atoms with van der Waals surface area (Å²) in [5, 5.41) is 12.8. The van der Waals surface area contributed by atoms with Crippen LogP contribution in [0.2, 0.25) is 5.15 Å². The van der Waals surface area contributed by atoms with Crippen molar-refractivity contribution in [1.29, 1.82) is 0 Å². The van der Waals surface area contributed by atoms with Crippen LogP contribution in [0.3, 0.4) is 0 Å². The highest BCUT2D eigenvalue weighted by Gasteiger charge is 2.18. The molecule has 4 aromatic rings. The summed E-state index contributed by atoms with van der Waals surface area (Å²) in [6.07, 6.45) is 0.851. The zero-order chi connectivity index (χ0) is 23.8. The lowest BCUT2D eigenvalue weighted by Crippen LogP contribution is -2.13. The number of anilines is 2. The quantitative estimate of drug-likeness (QED) is 0.325. The fraction of sp³-hybridized carbons (Fsp3) is 0.136. The molecule has 0 spiro atoms. The minimum atomic E-state index is -3.92. The monoisotopic (exact) mass is 502 g/mol. The number of amides is 1. The van der Waals surface area contributed by atoms with Crippen molar-refractivity contribution < 1.29 is 18.3 Å². The predicted molar refractivity (Wildman–Crippen MR) is 130 cm³/mol. The number of nitrogens with zero attached hydrogens (tertiary/aromatic N) is 2. The summed E-state index contributed by atoms with van der Waals surface area (Å²) in [6.45, 7) is 3.02. The molecule has 11 heteroatoms. The van der Waals surface area contributed by atoms with Gasteiger partial charge in [0.1, 0.15) is 0 Å². The minimum absolute atomic E-state index is 0.00902. The lowest BCUT2D eigenvalue weighted by molar-refractivity contribution is -0.114. The smallest absolute Gasteiger partial charge is 0.261 e. The van der Waals surface area contributed by atoms with Gasteiger partial charge in [-0.05, 0) is 48.4 Å². The molecule has 0 aliphatic rings. The first-order valence-corrected chi connectivity index (χ1v) is 12.4. The molecule has 2 aromatic heterocycles. The number of fused-ring (bicyclic) bond motifs is 1. The number of thiazole rings is 1. The molecule has 1 atom stereocenters. The first-order valence-electron chi connectivity index (χ1n) is 9.77. The molecule has 4 rings (SSSR count). The number of aliphatic hydroxyl groups excluding tert-OH is 1. The molecule has 170 valence electrons. The summed E-state index contributed by atoms with van der Waals surface area (Å²) in [5.41, 5.74) is 2.91. The summed E-state index contributed by atoms with van der Waals surface area (Å²) in [6, 6.07) is 13.1. The Morgan fingerprint density at radius 1 is 1.12 bits per heavy atom. The van der Waals surface area contributed by atoms with E-state index in [4.69, 9.17) is 11.6 Å². The molecule has 0 saturated heterocycles. The third kappa shape index (κ3) is 5.14. The molecule has 0 fully saturated rings. The number of halogens is 1. The maximum atomic E-state index is 12.8. The van der Waals surface area contributed by atoms with Gasteiger partial charge in [0, 0.05) is 18.7 Å². The number of carbonyl (C=O) groups excluding carboxylic acids is 1. The fourth-order valence-electron chi connectivity index (χ4n) is 3.11. The Morgan fingerprint density at radius 2 is 1.85 bits per heavy atom. The van der Waals surface area contributed by atoms with Crippen LogP contribution in [-0.4, -0.2) is 29.4 Å². The Kier molecular flexibility index (Phi) is 6.35. The standard InChI is InChI=1S/C22H19ClN4O4S2/c1-12(28)14-3-6-17(7-4-14)33(30,31)27-19-9-16(11-24-21(19)23)15-5-8-18-20(10-15)32-22(26-18)25-13(2)29/h3-12,27-28H,1-2H3,(H,25,26,29)/t12-/m0/s1. The van der Waals surface area contributed by atoms with Crippen LogP contribution in [0.5, 0.6) is 0 Å². The molecule has 0 aliphatic carbocycles. The summed E-state index contributed by atoms with van der Waals surface area (Å²) in [4.78, 5) is 19.8. The van der Waals surface area contributed by atoms with Gasteiger partial charge in [-0.25, -0.2) is 18.4 Å². The molecule has 0 unspecified atom stereocenters. The zero-order valence-electron chi connectivity index (χ0n) is 17.5. The largest absolute Gasteiger partial charge is 0.389 e. The number of hydrogen-bond donors (Lipinski definition) is 3. The molecule has 3 N–H and O–H groups in total. The van der Waals surface area contributed by atoms with Crippen LogP contribution >= 0.6 is 22.9 Å². The van der Waals surface area contributed by atoms with Crippen molar-refractivity contribution in [3.05, 3.63) is 65.4 Å².